The maximum atomic E-state index is 13.0. The van der Waals surface area contributed by atoms with Crippen molar-refractivity contribution in [1.29, 1.82) is 0 Å². The zero-order valence-electron chi connectivity index (χ0n) is 25.7. The van der Waals surface area contributed by atoms with Gasteiger partial charge in [-0.05, 0) is 49.9 Å². The molecule has 0 aromatic heterocycles. The van der Waals surface area contributed by atoms with Gasteiger partial charge in [-0.1, -0.05) is 99.3 Å². The lowest BCUT2D eigenvalue weighted by atomic mass is 9.97. The molecular formula is C32H60O6. The number of carbonyl (C=O) groups is 3. The highest BCUT2D eigenvalue weighted by atomic mass is 16.5. The Hall–Kier alpha value is -1.59. The summed E-state index contributed by atoms with van der Waals surface area (Å²) in [5.41, 5.74) is 0. The molecule has 0 heterocycles. The van der Waals surface area contributed by atoms with Crippen LogP contribution in [0.15, 0.2) is 0 Å². The van der Waals surface area contributed by atoms with Gasteiger partial charge in [-0.15, -0.1) is 0 Å². The minimum atomic E-state index is -0.511. The van der Waals surface area contributed by atoms with Gasteiger partial charge >= 0.3 is 17.9 Å². The van der Waals surface area contributed by atoms with Crippen molar-refractivity contribution in [2.45, 2.75) is 144 Å². The summed E-state index contributed by atoms with van der Waals surface area (Å²) in [6.45, 7) is 14.1. The lowest BCUT2D eigenvalue weighted by Gasteiger charge is -2.20. The highest BCUT2D eigenvalue weighted by Gasteiger charge is 2.24. The van der Waals surface area contributed by atoms with Crippen LogP contribution in [0.25, 0.3) is 0 Å². The fraction of sp³-hybridized carbons (Fsp3) is 0.906. The highest BCUT2D eigenvalue weighted by Crippen LogP contribution is 2.21. The van der Waals surface area contributed by atoms with Crippen molar-refractivity contribution in [2.24, 2.45) is 23.7 Å². The third kappa shape index (κ3) is 18.6. The Morgan fingerprint density at radius 3 is 1.16 bits per heavy atom. The standard InChI is InChI=1S/C32H60O6/c1-7-13-16-26(10-4)23-36-30(33)21-19-29(32(35)38-25-28(12-6)18-15-9-3)20-22-31(34)37-24-27(11-5)17-14-8-2/h26-29H,7-25H2,1-6H3/t26-,27+,28-,29?/m0/s1. The molecule has 6 heteroatoms. The van der Waals surface area contributed by atoms with E-state index in [1.807, 2.05) is 0 Å². The zero-order chi connectivity index (χ0) is 28.6. The highest BCUT2D eigenvalue weighted by molar-refractivity contribution is 5.76. The SMILES string of the molecule is CCCC[C@@H](CC)COC(=O)CCC(CCC(=O)OC[C@@H](CC)CCCC)C(=O)OC[C@@H](CC)CCCC. The summed E-state index contributed by atoms with van der Waals surface area (Å²) in [6.07, 6.45) is 13.8. The van der Waals surface area contributed by atoms with Gasteiger partial charge in [0.05, 0.1) is 25.7 Å². The molecule has 0 aromatic carbocycles. The van der Waals surface area contributed by atoms with E-state index in [-0.39, 0.29) is 30.7 Å². The van der Waals surface area contributed by atoms with Gasteiger partial charge in [0.2, 0.25) is 0 Å². The van der Waals surface area contributed by atoms with Gasteiger partial charge in [0.15, 0.2) is 0 Å². The number of unbranched alkanes of at least 4 members (excludes halogenated alkanes) is 3. The van der Waals surface area contributed by atoms with Gasteiger partial charge in [-0.3, -0.25) is 14.4 Å². The summed E-state index contributed by atoms with van der Waals surface area (Å²) < 4.78 is 16.8. The third-order valence-electron chi connectivity index (χ3n) is 7.78. The monoisotopic (exact) mass is 540 g/mol. The van der Waals surface area contributed by atoms with E-state index >= 15 is 0 Å². The van der Waals surface area contributed by atoms with Crippen LogP contribution < -0.4 is 0 Å². The molecule has 0 aliphatic rings. The molecule has 0 bridgehead atoms. The van der Waals surface area contributed by atoms with Crippen molar-refractivity contribution in [3.05, 3.63) is 0 Å². The lowest BCUT2D eigenvalue weighted by molar-refractivity contribution is -0.152. The van der Waals surface area contributed by atoms with Crippen LogP contribution in [0, 0.1) is 23.7 Å². The molecule has 0 fully saturated rings. The molecule has 0 N–H and O–H groups in total. The first-order valence-electron chi connectivity index (χ1n) is 15.8. The lowest BCUT2D eigenvalue weighted by Crippen LogP contribution is -2.24. The Morgan fingerprint density at radius 2 is 0.842 bits per heavy atom. The van der Waals surface area contributed by atoms with E-state index in [1.54, 1.807) is 0 Å². The van der Waals surface area contributed by atoms with Crippen LogP contribution in [-0.2, 0) is 28.6 Å². The van der Waals surface area contributed by atoms with E-state index in [9.17, 15) is 14.4 Å². The van der Waals surface area contributed by atoms with Crippen LogP contribution in [-0.4, -0.2) is 37.7 Å². The smallest absolute Gasteiger partial charge is 0.308 e. The topological polar surface area (TPSA) is 78.9 Å². The minimum absolute atomic E-state index is 0.154. The number of ether oxygens (including phenoxy) is 3. The van der Waals surface area contributed by atoms with Gasteiger partial charge in [0.25, 0.3) is 0 Å². The molecule has 0 aromatic rings. The van der Waals surface area contributed by atoms with Crippen molar-refractivity contribution in [3.8, 4) is 0 Å². The molecule has 0 rings (SSSR count). The van der Waals surface area contributed by atoms with Crippen LogP contribution in [0.4, 0.5) is 0 Å². The van der Waals surface area contributed by atoms with E-state index in [1.165, 1.54) is 0 Å². The average molecular weight is 541 g/mol. The number of rotatable bonds is 25. The Balaban J connectivity index is 4.91. The van der Waals surface area contributed by atoms with E-state index in [2.05, 4.69) is 41.5 Å². The van der Waals surface area contributed by atoms with E-state index in [0.717, 1.165) is 77.0 Å². The van der Waals surface area contributed by atoms with E-state index in [4.69, 9.17) is 14.2 Å². The van der Waals surface area contributed by atoms with Crippen LogP contribution in [0.3, 0.4) is 0 Å². The first-order valence-corrected chi connectivity index (χ1v) is 15.8. The second-order valence-corrected chi connectivity index (χ2v) is 11.0. The predicted molar refractivity (Wildman–Crippen MR) is 155 cm³/mol. The number of hydrogen-bond acceptors (Lipinski definition) is 6. The molecule has 0 saturated carbocycles. The number of esters is 3. The van der Waals surface area contributed by atoms with E-state index < -0.39 is 5.92 Å². The Morgan fingerprint density at radius 1 is 0.500 bits per heavy atom. The van der Waals surface area contributed by atoms with Crippen molar-refractivity contribution in [2.75, 3.05) is 19.8 Å². The molecule has 0 aliphatic carbocycles. The van der Waals surface area contributed by atoms with Crippen LogP contribution >= 0.6 is 0 Å². The number of hydrogen-bond donors (Lipinski definition) is 0. The van der Waals surface area contributed by atoms with Crippen molar-refractivity contribution in [3.63, 3.8) is 0 Å². The second-order valence-electron chi connectivity index (χ2n) is 11.0. The molecule has 0 aliphatic heterocycles. The molecule has 0 radical (unpaired) electrons. The minimum Gasteiger partial charge on any atom is -0.465 e. The predicted octanol–water partition coefficient (Wildman–Crippen LogP) is 8.44. The van der Waals surface area contributed by atoms with Gasteiger partial charge in [-0.2, -0.15) is 0 Å². The van der Waals surface area contributed by atoms with Gasteiger partial charge in [0, 0.05) is 12.8 Å². The Kier molecular flexibility index (Phi) is 23.4. The molecule has 4 atom stereocenters. The fourth-order valence-corrected chi connectivity index (χ4v) is 4.54. The van der Waals surface area contributed by atoms with Crippen molar-refractivity contribution >= 4 is 17.9 Å². The number of carbonyl (C=O) groups excluding carboxylic acids is 3. The molecule has 38 heavy (non-hydrogen) atoms. The first kappa shape index (κ1) is 36.4. The van der Waals surface area contributed by atoms with Gasteiger partial charge in [-0.25, -0.2) is 0 Å². The third-order valence-corrected chi connectivity index (χ3v) is 7.78. The first-order chi connectivity index (χ1) is 18.3. The molecule has 0 amide bonds. The van der Waals surface area contributed by atoms with Crippen molar-refractivity contribution < 1.29 is 28.6 Å². The fourth-order valence-electron chi connectivity index (χ4n) is 4.54. The van der Waals surface area contributed by atoms with Crippen LogP contribution in [0.1, 0.15) is 144 Å². The summed E-state index contributed by atoms with van der Waals surface area (Å²) in [6, 6.07) is 0. The molecule has 224 valence electrons. The van der Waals surface area contributed by atoms with Crippen molar-refractivity contribution in [1.82, 2.24) is 0 Å². The quantitative estimate of drug-likeness (QED) is 0.0854. The summed E-state index contributed by atoms with van der Waals surface area (Å²) in [5, 5.41) is 0. The molecule has 0 spiro atoms. The van der Waals surface area contributed by atoms with Gasteiger partial charge < -0.3 is 14.2 Å². The van der Waals surface area contributed by atoms with Crippen LogP contribution in [0.5, 0.6) is 0 Å². The van der Waals surface area contributed by atoms with E-state index in [0.29, 0.717) is 50.4 Å². The van der Waals surface area contributed by atoms with Crippen LogP contribution in [0.2, 0.25) is 0 Å². The molecule has 0 saturated heterocycles. The average Bonchev–Trinajstić information content (AvgIpc) is 2.93. The van der Waals surface area contributed by atoms with Gasteiger partial charge in [0.1, 0.15) is 0 Å². The summed E-state index contributed by atoms with van der Waals surface area (Å²) >= 11 is 0. The second kappa shape index (κ2) is 24.5. The normalized spacial score (nSPS) is 14.4. The molecule has 6 nitrogen and oxygen atoms in total. The Labute approximate surface area is 234 Å². The largest absolute Gasteiger partial charge is 0.465 e. The maximum Gasteiger partial charge on any atom is 0.308 e. The summed E-state index contributed by atoms with van der Waals surface area (Å²) in [4.78, 5) is 37.9. The maximum absolute atomic E-state index is 13.0. The summed E-state index contributed by atoms with van der Waals surface area (Å²) in [7, 11) is 0. The molecule has 1 unspecified atom stereocenters. The zero-order valence-corrected chi connectivity index (χ0v) is 25.7. The summed E-state index contributed by atoms with van der Waals surface area (Å²) in [5.74, 6) is -0.279. The molecular weight excluding hydrogens is 480 g/mol. The Bertz CT molecular complexity index is 569.